The van der Waals surface area contributed by atoms with Gasteiger partial charge >= 0.3 is 0 Å². The molecule has 0 aliphatic heterocycles. The zero-order valence-electron chi connectivity index (χ0n) is 6.60. The number of carbonyl (C=O) groups is 1. The Balaban J connectivity index is 2.72. The van der Waals surface area contributed by atoms with Crippen LogP contribution in [0.15, 0.2) is 30.3 Å². The molecular weight excluding hydrogens is 154 g/mol. The quantitative estimate of drug-likeness (QED) is 0.637. The van der Waals surface area contributed by atoms with Crippen molar-refractivity contribution < 1.29 is 9.90 Å². The van der Waals surface area contributed by atoms with Crippen molar-refractivity contribution >= 4 is 6.41 Å². The normalized spacial score (nSPS) is 12.1. The SMILES string of the molecule is O=CNC(CO)c1ccccc1. The molecule has 1 aromatic carbocycles. The van der Waals surface area contributed by atoms with E-state index in [4.69, 9.17) is 5.11 Å². The molecule has 1 amide bonds. The summed E-state index contributed by atoms with van der Waals surface area (Å²) in [5.41, 5.74) is 0.909. The van der Waals surface area contributed by atoms with E-state index in [-0.39, 0.29) is 12.6 Å². The van der Waals surface area contributed by atoms with Gasteiger partial charge in [-0.1, -0.05) is 30.3 Å². The van der Waals surface area contributed by atoms with Crippen molar-refractivity contribution in [2.24, 2.45) is 0 Å². The van der Waals surface area contributed by atoms with Gasteiger partial charge in [-0.3, -0.25) is 4.79 Å². The minimum Gasteiger partial charge on any atom is -0.394 e. The van der Waals surface area contributed by atoms with E-state index < -0.39 is 0 Å². The monoisotopic (exact) mass is 165 g/mol. The maximum absolute atomic E-state index is 10.1. The highest BCUT2D eigenvalue weighted by Gasteiger charge is 2.06. The molecular formula is C9H11NO2. The van der Waals surface area contributed by atoms with Gasteiger partial charge in [0.15, 0.2) is 0 Å². The Kier molecular flexibility index (Phi) is 3.29. The Morgan fingerprint density at radius 1 is 1.42 bits per heavy atom. The van der Waals surface area contributed by atoms with E-state index in [9.17, 15) is 4.79 Å². The summed E-state index contributed by atoms with van der Waals surface area (Å²) in [6.45, 7) is -0.0806. The van der Waals surface area contributed by atoms with Gasteiger partial charge < -0.3 is 10.4 Å². The zero-order chi connectivity index (χ0) is 8.81. The molecule has 0 aliphatic rings. The van der Waals surface area contributed by atoms with Gasteiger partial charge in [0.05, 0.1) is 12.6 Å². The molecule has 0 aromatic heterocycles. The Labute approximate surface area is 71.0 Å². The minimum absolute atomic E-state index is 0.0806. The van der Waals surface area contributed by atoms with Crippen LogP contribution in [0.5, 0.6) is 0 Å². The summed E-state index contributed by atoms with van der Waals surface area (Å²) in [7, 11) is 0. The first kappa shape index (κ1) is 8.74. The van der Waals surface area contributed by atoms with Crippen molar-refractivity contribution in [1.82, 2.24) is 5.32 Å². The van der Waals surface area contributed by atoms with Gasteiger partial charge in [-0.25, -0.2) is 0 Å². The fourth-order valence-electron chi connectivity index (χ4n) is 1.02. The summed E-state index contributed by atoms with van der Waals surface area (Å²) in [5.74, 6) is 0. The average molecular weight is 165 g/mol. The number of nitrogens with one attached hydrogen (secondary N) is 1. The molecule has 3 nitrogen and oxygen atoms in total. The smallest absolute Gasteiger partial charge is 0.207 e. The van der Waals surface area contributed by atoms with Crippen LogP contribution in [0.4, 0.5) is 0 Å². The third-order valence-corrected chi connectivity index (χ3v) is 1.65. The van der Waals surface area contributed by atoms with E-state index >= 15 is 0 Å². The largest absolute Gasteiger partial charge is 0.394 e. The molecule has 0 bridgehead atoms. The van der Waals surface area contributed by atoms with Gasteiger partial charge in [0.25, 0.3) is 0 Å². The average Bonchev–Trinajstić information content (AvgIpc) is 2.15. The molecule has 1 unspecified atom stereocenters. The number of carbonyl (C=O) groups excluding carboxylic acids is 1. The molecule has 0 spiro atoms. The molecule has 2 N–H and O–H groups in total. The van der Waals surface area contributed by atoms with Crippen molar-refractivity contribution in [1.29, 1.82) is 0 Å². The predicted molar refractivity (Wildman–Crippen MR) is 45.5 cm³/mol. The van der Waals surface area contributed by atoms with Crippen molar-refractivity contribution in [2.75, 3.05) is 6.61 Å². The van der Waals surface area contributed by atoms with Crippen molar-refractivity contribution in [2.45, 2.75) is 6.04 Å². The number of hydrogen-bond donors (Lipinski definition) is 2. The molecule has 1 rings (SSSR count). The molecule has 0 radical (unpaired) electrons. The van der Waals surface area contributed by atoms with Gasteiger partial charge in [0, 0.05) is 0 Å². The van der Waals surface area contributed by atoms with Crippen LogP contribution in [0.3, 0.4) is 0 Å². The Morgan fingerprint density at radius 3 is 2.58 bits per heavy atom. The van der Waals surface area contributed by atoms with E-state index in [0.717, 1.165) is 5.56 Å². The maximum atomic E-state index is 10.1. The lowest BCUT2D eigenvalue weighted by molar-refractivity contribution is -0.110. The molecule has 3 heteroatoms. The fourth-order valence-corrected chi connectivity index (χ4v) is 1.02. The highest BCUT2D eigenvalue weighted by atomic mass is 16.3. The second kappa shape index (κ2) is 4.51. The molecule has 1 aromatic rings. The van der Waals surface area contributed by atoms with Gasteiger partial charge in [-0.2, -0.15) is 0 Å². The first-order valence-corrected chi connectivity index (χ1v) is 3.74. The Morgan fingerprint density at radius 2 is 2.08 bits per heavy atom. The van der Waals surface area contributed by atoms with E-state index in [1.165, 1.54) is 0 Å². The number of aliphatic hydroxyl groups is 1. The lowest BCUT2D eigenvalue weighted by atomic mass is 10.1. The van der Waals surface area contributed by atoms with E-state index in [2.05, 4.69) is 5.32 Å². The molecule has 0 fully saturated rings. The molecule has 1 atom stereocenters. The van der Waals surface area contributed by atoms with E-state index in [0.29, 0.717) is 6.41 Å². The first-order chi connectivity index (χ1) is 5.88. The van der Waals surface area contributed by atoms with Gasteiger partial charge in [0.1, 0.15) is 0 Å². The van der Waals surface area contributed by atoms with E-state index in [1.807, 2.05) is 30.3 Å². The Bertz CT molecular complexity index is 236. The van der Waals surface area contributed by atoms with Gasteiger partial charge in [0.2, 0.25) is 6.41 Å². The lowest BCUT2D eigenvalue weighted by Crippen LogP contribution is -2.22. The summed E-state index contributed by atoms with van der Waals surface area (Å²) in [6.07, 6.45) is 0.591. The van der Waals surface area contributed by atoms with Crippen LogP contribution < -0.4 is 5.32 Å². The number of benzene rings is 1. The van der Waals surface area contributed by atoms with Gasteiger partial charge in [-0.05, 0) is 5.56 Å². The molecule has 64 valence electrons. The summed E-state index contributed by atoms with van der Waals surface area (Å²) >= 11 is 0. The maximum Gasteiger partial charge on any atom is 0.207 e. The molecule has 12 heavy (non-hydrogen) atoms. The molecule has 0 aliphatic carbocycles. The van der Waals surface area contributed by atoms with Crippen molar-refractivity contribution in [3.8, 4) is 0 Å². The summed E-state index contributed by atoms with van der Waals surface area (Å²) in [6, 6.07) is 9.05. The summed E-state index contributed by atoms with van der Waals surface area (Å²) in [5, 5.41) is 11.4. The van der Waals surface area contributed by atoms with E-state index in [1.54, 1.807) is 0 Å². The van der Waals surface area contributed by atoms with Crippen LogP contribution in [-0.2, 0) is 4.79 Å². The van der Waals surface area contributed by atoms with Crippen molar-refractivity contribution in [3.63, 3.8) is 0 Å². The third kappa shape index (κ3) is 2.07. The number of rotatable bonds is 4. The molecule has 0 saturated carbocycles. The second-order valence-electron chi connectivity index (χ2n) is 2.43. The number of aliphatic hydroxyl groups excluding tert-OH is 1. The standard InChI is InChI=1S/C9H11NO2/c11-6-9(10-7-12)8-4-2-1-3-5-8/h1-5,7,9,11H,6H2,(H,10,12). The minimum atomic E-state index is -0.288. The fraction of sp³-hybridized carbons (Fsp3) is 0.222. The second-order valence-corrected chi connectivity index (χ2v) is 2.43. The van der Waals surface area contributed by atoms with Crippen LogP contribution in [-0.4, -0.2) is 18.1 Å². The first-order valence-electron chi connectivity index (χ1n) is 3.74. The van der Waals surface area contributed by atoms with Crippen molar-refractivity contribution in [3.05, 3.63) is 35.9 Å². The molecule has 0 saturated heterocycles. The summed E-state index contributed by atoms with van der Waals surface area (Å²) < 4.78 is 0. The lowest BCUT2D eigenvalue weighted by Gasteiger charge is -2.12. The predicted octanol–water partition coefficient (Wildman–Crippen LogP) is 0.466. The zero-order valence-corrected chi connectivity index (χ0v) is 6.60. The van der Waals surface area contributed by atoms with Crippen LogP contribution in [0.1, 0.15) is 11.6 Å². The van der Waals surface area contributed by atoms with Crippen LogP contribution in [0.25, 0.3) is 0 Å². The topological polar surface area (TPSA) is 49.3 Å². The Hall–Kier alpha value is -1.35. The third-order valence-electron chi connectivity index (χ3n) is 1.65. The van der Waals surface area contributed by atoms with Crippen LogP contribution in [0.2, 0.25) is 0 Å². The van der Waals surface area contributed by atoms with Crippen LogP contribution in [0, 0.1) is 0 Å². The van der Waals surface area contributed by atoms with Gasteiger partial charge in [-0.15, -0.1) is 0 Å². The highest BCUT2D eigenvalue weighted by molar-refractivity contribution is 5.47. The van der Waals surface area contributed by atoms with Crippen LogP contribution >= 0.6 is 0 Å². The number of hydrogen-bond acceptors (Lipinski definition) is 2. The molecule has 0 heterocycles. The summed E-state index contributed by atoms with van der Waals surface area (Å²) in [4.78, 5) is 10.1. The number of amides is 1. The highest BCUT2D eigenvalue weighted by Crippen LogP contribution is 2.09.